The van der Waals surface area contributed by atoms with Gasteiger partial charge in [0, 0.05) is 44.3 Å². The zero-order valence-electron chi connectivity index (χ0n) is 16.6. The lowest BCUT2D eigenvalue weighted by Gasteiger charge is -2.39. The molecule has 2 aliphatic rings. The van der Waals surface area contributed by atoms with Crippen LogP contribution in [0, 0.1) is 5.92 Å². The van der Waals surface area contributed by atoms with Crippen LogP contribution in [-0.4, -0.2) is 45.0 Å². The summed E-state index contributed by atoms with van der Waals surface area (Å²) in [6.45, 7) is 10.0. The normalized spacial score (nSPS) is 19.6. The molecule has 2 aromatic rings. The van der Waals surface area contributed by atoms with Gasteiger partial charge in [0.1, 0.15) is 0 Å². The maximum atomic E-state index is 13.5. The molecule has 1 unspecified atom stereocenters. The predicted octanol–water partition coefficient (Wildman–Crippen LogP) is 3.29. The molecule has 6 nitrogen and oxygen atoms in total. The summed E-state index contributed by atoms with van der Waals surface area (Å²) in [6, 6.07) is 4.30. The van der Waals surface area contributed by atoms with E-state index in [4.69, 9.17) is 4.98 Å². The summed E-state index contributed by atoms with van der Waals surface area (Å²) in [7, 11) is 0. The Hall–Kier alpha value is -2.37. The SMILES string of the molecule is CCc1nc(N2CCCC2)ncc1C(=O)N1CCn2cccc2C1C(C)C. The average Bonchev–Trinajstić information content (AvgIpc) is 3.37. The largest absolute Gasteiger partial charge is 0.348 e. The molecule has 0 radical (unpaired) electrons. The van der Waals surface area contributed by atoms with Crippen molar-refractivity contribution >= 4 is 11.9 Å². The molecule has 2 aromatic heterocycles. The highest BCUT2D eigenvalue weighted by molar-refractivity contribution is 5.95. The Morgan fingerprint density at radius 2 is 2.00 bits per heavy atom. The maximum Gasteiger partial charge on any atom is 0.257 e. The van der Waals surface area contributed by atoms with Gasteiger partial charge >= 0.3 is 0 Å². The highest BCUT2D eigenvalue weighted by atomic mass is 16.2. The lowest BCUT2D eigenvalue weighted by molar-refractivity contribution is 0.0554. The summed E-state index contributed by atoms with van der Waals surface area (Å²) in [6.07, 6.45) is 6.98. The summed E-state index contributed by atoms with van der Waals surface area (Å²) in [5, 5.41) is 0. The number of nitrogens with zero attached hydrogens (tertiary/aromatic N) is 5. The van der Waals surface area contributed by atoms with Crippen LogP contribution in [0.15, 0.2) is 24.5 Å². The van der Waals surface area contributed by atoms with Gasteiger partial charge in [0.25, 0.3) is 5.91 Å². The third-order valence-electron chi connectivity index (χ3n) is 5.79. The van der Waals surface area contributed by atoms with E-state index in [0.29, 0.717) is 11.5 Å². The van der Waals surface area contributed by atoms with Crippen molar-refractivity contribution in [2.24, 2.45) is 5.92 Å². The molecule has 0 N–H and O–H groups in total. The van der Waals surface area contributed by atoms with E-state index < -0.39 is 0 Å². The Labute approximate surface area is 161 Å². The van der Waals surface area contributed by atoms with E-state index in [9.17, 15) is 4.79 Å². The van der Waals surface area contributed by atoms with Crippen LogP contribution in [0.25, 0.3) is 0 Å². The van der Waals surface area contributed by atoms with E-state index in [2.05, 4.69) is 53.6 Å². The molecule has 4 rings (SSSR count). The summed E-state index contributed by atoms with van der Waals surface area (Å²) in [5.41, 5.74) is 2.74. The van der Waals surface area contributed by atoms with Crippen molar-refractivity contribution in [1.29, 1.82) is 0 Å². The van der Waals surface area contributed by atoms with Crippen molar-refractivity contribution in [3.8, 4) is 0 Å². The molecule has 2 aliphatic heterocycles. The molecule has 0 spiro atoms. The molecule has 0 saturated carbocycles. The maximum absolute atomic E-state index is 13.5. The zero-order chi connectivity index (χ0) is 19.0. The number of hydrogen-bond donors (Lipinski definition) is 0. The molecule has 0 bridgehead atoms. The first-order valence-corrected chi connectivity index (χ1v) is 10.2. The zero-order valence-corrected chi connectivity index (χ0v) is 16.6. The molecule has 4 heterocycles. The first kappa shape index (κ1) is 18.0. The van der Waals surface area contributed by atoms with E-state index in [0.717, 1.165) is 44.2 Å². The Morgan fingerprint density at radius 3 is 2.70 bits per heavy atom. The van der Waals surface area contributed by atoms with Crippen molar-refractivity contribution in [2.75, 3.05) is 24.5 Å². The standard InChI is InChI=1S/C21H29N5O/c1-4-17-16(14-22-21(23-17)25-9-5-6-10-25)20(27)26-13-12-24-11-7-8-18(24)19(26)15(2)3/h7-8,11,14-15,19H,4-6,9-10,12-13H2,1-3H3. The molecule has 1 atom stereocenters. The van der Waals surface area contributed by atoms with E-state index in [-0.39, 0.29) is 11.9 Å². The Morgan fingerprint density at radius 1 is 1.22 bits per heavy atom. The third-order valence-corrected chi connectivity index (χ3v) is 5.79. The second-order valence-corrected chi connectivity index (χ2v) is 7.89. The number of carbonyl (C=O) groups is 1. The van der Waals surface area contributed by atoms with Crippen LogP contribution in [0.5, 0.6) is 0 Å². The summed E-state index contributed by atoms with van der Waals surface area (Å²) in [5.74, 6) is 1.18. The Balaban J connectivity index is 1.65. The molecular weight excluding hydrogens is 338 g/mol. The molecule has 1 saturated heterocycles. The van der Waals surface area contributed by atoms with Crippen molar-refractivity contribution < 1.29 is 4.79 Å². The van der Waals surface area contributed by atoms with E-state index in [1.807, 2.05) is 4.90 Å². The number of fused-ring (bicyclic) bond motifs is 1. The van der Waals surface area contributed by atoms with Gasteiger partial charge in [-0.1, -0.05) is 20.8 Å². The first-order chi connectivity index (χ1) is 13.1. The van der Waals surface area contributed by atoms with E-state index >= 15 is 0 Å². The van der Waals surface area contributed by atoms with Crippen molar-refractivity contribution in [2.45, 2.75) is 52.6 Å². The highest BCUT2D eigenvalue weighted by Gasteiger charge is 2.34. The fourth-order valence-corrected chi connectivity index (χ4v) is 4.42. The van der Waals surface area contributed by atoms with Gasteiger partial charge in [0.2, 0.25) is 5.95 Å². The van der Waals surface area contributed by atoms with Crippen molar-refractivity contribution in [3.63, 3.8) is 0 Å². The molecule has 1 amide bonds. The molecule has 27 heavy (non-hydrogen) atoms. The van der Waals surface area contributed by atoms with Gasteiger partial charge in [-0.2, -0.15) is 0 Å². The van der Waals surface area contributed by atoms with Crippen LogP contribution in [-0.2, 0) is 13.0 Å². The minimum Gasteiger partial charge on any atom is -0.348 e. The number of carbonyl (C=O) groups excluding carboxylic acids is 1. The third kappa shape index (κ3) is 3.22. The van der Waals surface area contributed by atoms with Crippen LogP contribution >= 0.6 is 0 Å². The summed E-state index contributed by atoms with van der Waals surface area (Å²) < 4.78 is 2.27. The lowest BCUT2D eigenvalue weighted by atomic mass is 9.96. The molecule has 1 fully saturated rings. The van der Waals surface area contributed by atoms with Crippen LogP contribution in [0.4, 0.5) is 5.95 Å². The number of hydrogen-bond acceptors (Lipinski definition) is 4. The van der Waals surface area contributed by atoms with Crippen LogP contribution in [0.3, 0.4) is 0 Å². The molecular formula is C21H29N5O. The topological polar surface area (TPSA) is 54.3 Å². The number of rotatable bonds is 4. The van der Waals surface area contributed by atoms with E-state index in [1.54, 1.807) is 6.20 Å². The molecule has 144 valence electrons. The van der Waals surface area contributed by atoms with Gasteiger partial charge in [0.05, 0.1) is 17.3 Å². The van der Waals surface area contributed by atoms with Gasteiger partial charge in [-0.25, -0.2) is 9.97 Å². The minimum absolute atomic E-state index is 0.0611. The van der Waals surface area contributed by atoms with Crippen LogP contribution in [0.2, 0.25) is 0 Å². The smallest absolute Gasteiger partial charge is 0.257 e. The van der Waals surface area contributed by atoms with Gasteiger partial charge in [-0.3, -0.25) is 4.79 Å². The van der Waals surface area contributed by atoms with Gasteiger partial charge < -0.3 is 14.4 Å². The average molecular weight is 367 g/mol. The number of anilines is 1. The van der Waals surface area contributed by atoms with Crippen molar-refractivity contribution in [1.82, 2.24) is 19.4 Å². The fourth-order valence-electron chi connectivity index (χ4n) is 4.42. The van der Waals surface area contributed by atoms with Crippen LogP contribution < -0.4 is 4.90 Å². The summed E-state index contributed by atoms with van der Waals surface area (Å²) >= 11 is 0. The van der Waals surface area contributed by atoms with Gasteiger partial charge in [-0.15, -0.1) is 0 Å². The highest BCUT2D eigenvalue weighted by Crippen LogP contribution is 2.33. The van der Waals surface area contributed by atoms with Crippen LogP contribution in [0.1, 0.15) is 61.4 Å². The number of aromatic nitrogens is 3. The summed E-state index contributed by atoms with van der Waals surface area (Å²) in [4.78, 5) is 27.0. The van der Waals surface area contributed by atoms with Crippen molar-refractivity contribution in [3.05, 3.63) is 41.5 Å². The van der Waals surface area contributed by atoms with Gasteiger partial charge in [0.15, 0.2) is 0 Å². The quantitative estimate of drug-likeness (QED) is 0.832. The van der Waals surface area contributed by atoms with Gasteiger partial charge in [-0.05, 0) is 37.3 Å². The second-order valence-electron chi connectivity index (χ2n) is 7.89. The molecule has 0 aliphatic carbocycles. The Kier molecular flexibility index (Phi) is 4.89. The number of aryl methyl sites for hydroxylation is 1. The fraction of sp³-hybridized carbons (Fsp3) is 0.571. The number of amides is 1. The Bertz CT molecular complexity index is 822. The first-order valence-electron chi connectivity index (χ1n) is 10.2. The molecule has 0 aromatic carbocycles. The predicted molar refractivity (Wildman–Crippen MR) is 106 cm³/mol. The minimum atomic E-state index is 0.0611. The monoisotopic (exact) mass is 367 g/mol. The second kappa shape index (κ2) is 7.33. The molecule has 6 heteroatoms. The van der Waals surface area contributed by atoms with E-state index in [1.165, 1.54) is 18.5 Å². The lowest BCUT2D eigenvalue weighted by Crippen LogP contribution is -2.44.